The fourth-order valence-electron chi connectivity index (χ4n) is 5.90. The highest BCUT2D eigenvalue weighted by molar-refractivity contribution is 7.89. The molecule has 2 saturated heterocycles. The molecule has 0 saturated carbocycles. The summed E-state index contributed by atoms with van der Waals surface area (Å²) in [5.41, 5.74) is 0.608. The van der Waals surface area contributed by atoms with Gasteiger partial charge in [-0.3, -0.25) is 0 Å². The molecule has 0 unspecified atom stereocenters. The third kappa shape index (κ3) is 5.74. The highest BCUT2D eigenvalue weighted by atomic mass is 32.2. The molecule has 1 N–H and O–H groups in total. The number of anilines is 1. The number of carboxylic acids is 1. The first-order valence-electron chi connectivity index (χ1n) is 13.7. The van der Waals surface area contributed by atoms with Crippen molar-refractivity contribution in [1.29, 1.82) is 0 Å². The van der Waals surface area contributed by atoms with Gasteiger partial charge < -0.3 is 10.0 Å². The van der Waals surface area contributed by atoms with Crippen molar-refractivity contribution in [2.45, 2.75) is 62.8 Å². The number of benzene rings is 2. The molecule has 0 amide bonds. The van der Waals surface area contributed by atoms with Crippen molar-refractivity contribution in [3.8, 4) is 0 Å². The summed E-state index contributed by atoms with van der Waals surface area (Å²) in [7, 11) is -3.65. The maximum Gasteiger partial charge on any atom is 0.339 e. The molecule has 2 aromatic carbocycles. The predicted molar refractivity (Wildman–Crippen MR) is 150 cm³/mol. The Balaban J connectivity index is 1.32. The van der Waals surface area contributed by atoms with Crippen LogP contribution in [0.2, 0.25) is 0 Å². The van der Waals surface area contributed by atoms with Crippen molar-refractivity contribution in [1.82, 2.24) is 14.3 Å². The Labute approximate surface area is 234 Å². The number of hydrogen-bond acceptors (Lipinski definition) is 6. The molecular formula is C30H35FN4O4S. The first-order valence-corrected chi connectivity index (χ1v) is 15.1. The fourth-order valence-corrected chi connectivity index (χ4v) is 7.84. The summed E-state index contributed by atoms with van der Waals surface area (Å²) in [6.07, 6.45) is 5.44. The summed E-state index contributed by atoms with van der Waals surface area (Å²) < 4.78 is 42.6. The van der Waals surface area contributed by atoms with Crippen molar-refractivity contribution in [2.75, 3.05) is 24.5 Å². The van der Waals surface area contributed by atoms with Crippen LogP contribution in [0.25, 0.3) is 0 Å². The van der Waals surface area contributed by atoms with Gasteiger partial charge in [0.05, 0.1) is 16.2 Å². The van der Waals surface area contributed by atoms with Crippen LogP contribution in [0.4, 0.5) is 10.3 Å². The minimum absolute atomic E-state index is 0.0462. The zero-order chi connectivity index (χ0) is 28.5. The third-order valence-corrected chi connectivity index (χ3v) is 10.6. The van der Waals surface area contributed by atoms with Gasteiger partial charge in [0.1, 0.15) is 5.82 Å². The van der Waals surface area contributed by atoms with Crippen LogP contribution in [-0.4, -0.2) is 58.9 Å². The number of hydrogen-bond donors (Lipinski definition) is 1. The smallest absolute Gasteiger partial charge is 0.339 e. The molecule has 0 radical (unpaired) electrons. The number of aromatic carboxylic acids is 1. The minimum atomic E-state index is -3.65. The summed E-state index contributed by atoms with van der Waals surface area (Å²) in [4.78, 5) is 23.2. The lowest BCUT2D eigenvalue weighted by molar-refractivity contribution is 0.0391. The lowest BCUT2D eigenvalue weighted by atomic mass is 9.69. The molecule has 3 heterocycles. The molecule has 5 rings (SSSR count). The molecule has 2 fully saturated rings. The molecule has 1 aromatic heterocycles. The lowest BCUT2D eigenvalue weighted by Crippen LogP contribution is -2.58. The third-order valence-electron chi connectivity index (χ3n) is 8.48. The molecule has 0 bridgehead atoms. The van der Waals surface area contributed by atoms with Crippen LogP contribution in [0.15, 0.2) is 65.7 Å². The molecule has 40 heavy (non-hydrogen) atoms. The van der Waals surface area contributed by atoms with Crippen LogP contribution in [0, 0.1) is 11.2 Å². The average Bonchev–Trinajstić information content (AvgIpc) is 2.94. The number of carbonyl (C=O) groups is 1. The Morgan fingerprint density at radius 1 is 1.00 bits per heavy atom. The van der Waals surface area contributed by atoms with Gasteiger partial charge in [0.25, 0.3) is 0 Å². The Morgan fingerprint density at radius 3 is 2.40 bits per heavy atom. The van der Waals surface area contributed by atoms with E-state index in [0.717, 1.165) is 31.2 Å². The van der Waals surface area contributed by atoms with Crippen LogP contribution in [0.5, 0.6) is 0 Å². The van der Waals surface area contributed by atoms with Gasteiger partial charge in [-0.2, -0.15) is 4.31 Å². The summed E-state index contributed by atoms with van der Waals surface area (Å²) >= 11 is 0. The zero-order valence-corrected chi connectivity index (χ0v) is 23.7. The second-order valence-corrected chi connectivity index (χ2v) is 13.5. The molecule has 0 atom stereocenters. The van der Waals surface area contributed by atoms with Gasteiger partial charge in [0.2, 0.25) is 16.0 Å². The first kappa shape index (κ1) is 28.2. The Morgan fingerprint density at radius 2 is 1.73 bits per heavy atom. The number of nitrogens with zero attached hydrogens (tertiary/aromatic N) is 4. The summed E-state index contributed by atoms with van der Waals surface area (Å²) in [5.74, 6) is -0.954. The molecular weight excluding hydrogens is 531 g/mol. The number of aromatic nitrogens is 2. The lowest BCUT2D eigenvalue weighted by Gasteiger charge is -2.53. The van der Waals surface area contributed by atoms with E-state index in [4.69, 9.17) is 0 Å². The number of aryl methyl sites for hydroxylation is 2. The van der Waals surface area contributed by atoms with Gasteiger partial charge in [-0.15, -0.1) is 0 Å². The van der Waals surface area contributed by atoms with Crippen molar-refractivity contribution in [2.24, 2.45) is 5.41 Å². The van der Waals surface area contributed by atoms with E-state index in [9.17, 15) is 22.7 Å². The number of carboxylic acid groups (broad SMARTS) is 1. The monoisotopic (exact) mass is 566 g/mol. The van der Waals surface area contributed by atoms with Crippen LogP contribution >= 0.6 is 0 Å². The fraction of sp³-hybridized carbons (Fsp3) is 0.433. The van der Waals surface area contributed by atoms with Crippen molar-refractivity contribution in [3.63, 3.8) is 0 Å². The van der Waals surface area contributed by atoms with E-state index < -0.39 is 21.5 Å². The molecule has 0 aliphatic carbocycles. The van der Waals surface area contributed by atoms with E-state index in [1.165, 1.54) is 18.3 Å². The SMILES string of the molecule is CC1(C)CCC2(CCN(c3ncc(C(=O)O)c(CCc4cccc(F)c4)n3)CC2)CN1S(=O)(=O)c1ccccc1. The summed E-state index contributed by atoms with van der Waals surface area (Å²) in [5, 5.41) is 9.68. The highest BCUT2D eigenvalue weighted by Gasteiger charge is 2.49. The van der Waals surface area contributed by atoms with E-state index in [1.54, 1.807) is 34.6 Å². The molecule has 10 heteroatoms. The zero-order valence-electron chi connectivity index (χ0n) is 22.9. The summed E-state index contributed by atoms with van der Waals surface area (Å²) in [6, 6.07) is 14.9. The molecule has 8 nitrogen and oxygen atoms in total. The normalized spacial score (nSPS) is 19.0. The minimum Gasteiger partial charge on any atom is -0.478 e. The Bertz CT molecular complexity index is 1490. The maximum absolute atomic E-state index is 13.6. The van der Waals surface area contributed by atoms with Gasteiger partial charge in [-0.05, 0) is 87.6 Å². The van der Waals surface area contributed by atoms with Gasteiger partial charge in [-0.1, -0.05) is 30.3 Å². The quantitative estimate of drug-likeness (QED) is 0.432. The summed E-state index contributed by atoms with van der Waals surface area (Å²) in [6.45, 7) is 5.75. The van der Waals surface area contributed by atoms with Crippen molar-refractivity contribution < 1.29 is 22.7 Å². The van der Waals surface area contributed by atoms with Crippen LogP contribution in [0.1, 0.15) is 61.1 Å². The van der Waals surface area contributed by atoms with E-state index in [2.05, 4.69) is 14.9 Å². The Hall–Kier alpha value is -3.37. The molecule has 3 aromatic rings. The van der Waals surface area contributed by atoms with Crippen LogP contribution in [0.3, 0.4) is 0 Å². The number of rotatable bonds is 7. The maximum atomic E-state index is 13.6. The molecule has 2 aliphatic heterocycles. The van der Waals surface area contributed by atoms with Crippen LogP contribution in [-0.2, 0) is 22.9 Å². The largest absolute Gasteiger partial charge is 0.478 e. The van der Waals surface area contributed by atoms with Gasteiger partial charge in [0.15, 0.2) is 0 Å². The Kier molecular flexibility index (Phi) is 7.67. The van der Waals surface area contributed by atoms with Gasteiger partial charge in [0, 0.05) is 31.4 Å². The first-order chi connectivity index (χ1) is 19.0. The molecule has 2 aliphatic rings. The average molecular weight is 567 g/mol. The van der Waals surface area contributed by atoms with E-state index >= 15 is 0 Å². The molecule has 212 valence electrons. The topological polar surface area (TPSA) is 104 Å². The van der Waals surface area contributed by atoms with Crippen molar-refractivity contribution in [3.05, 3.63) is 83.4 Å². The van der Waals surface area contributed by atoms with Gasteiger partial charge >= 0.3 is 5.97 Å². The predicted octanol–water partition coefficient (Wildman–Crippen LogP) is 4.95. The van der Waals surface area contributed by atoms with E-state index in [1.807, 2.05) is 26.0 Å². The number of sulfonamides is 1. The number of halogens is 1. The second-order valence-electron chi connectivity index (χ2n) is 11.6. The molecule has 1 spiro atoms. The van der Waals surface area contributed by atoms with Crippen LogP contribution < -0.4 is 4.90 Å². The van der Waals surface area contributed by atoms with Gasteiger partial charge in [-0.25, -0.2) is 27.6 Å². The highest BCUT2D eigenvalue weighted by Crippen LogP contribution is 2.47. The van der Waals surface area contributed by atoms with Crippen molar-refractivity contribution >= 4 is 21.9 Å². The van der Waals surface area contributed by atoms with E-state index in [-0.39, 0.29) is 16.8 Å². The number of piperidine rings is 2. The van der Waals surface area contributed by atoms with E-state index in [0.29, 0.717) is 49.0 Å². The standard InChI is InChI=1S/C30H35FN4O4S/c1-29(2)13-14-30(21-35(29)40(38,39)24-9-4-3-5-10-24)15-17-34(18-16-30)28-32-20-25(27(36)37)26(33-28)12-11-22-7-6-8-23(31)19-22/h3-10,19-20H,11-18,21H2,1-2H3,(H,36,37). The second kappa shape index (κ2) is 10.9.